The van der Waals surface area contributed by atoms with Crippen LogP contribution in [0.5, 0.6) is 0 Å². The summed E-state index contributed by atoms with van der Waals surface area (Å²) in [4.78, 5) is 16.2. The Hall–Kier alpha value is -3.38. The van der Waals surface area contributed by atoms with Crippen LogP contribution in [0.2, 0.25) is 0 Å². The van der Waals surface area contributed by atoms with Gasteiger partial charge in [-0.1, -0.05) is 54.3 Å². The number of hydrogen-bond acceptors (Lipinski definition) is 2. The van der Waals surface area contributed by atoms with Gasteiger partial charge in [-0.3, -0.25) is 9.78 Å². The Morgan fingerprint density at radius 1 is 1.04 bits per heavy atom. The molecule has 0 bridgehead atoms. The molecular weight excluding hydrogens is 296 g/mol. The first-order valence-electron chi connectivity index (χ1n) is 7.66. The summed E-state index contributed by atoms with van der Waals surface area (Å²) in [5.41, 5.74) is 2.73. The van der Waals surface area contributed by atoms with Crippen molar-refractivity contribution >= 4 is 22.9 Å². The molecule has 0 radical (unpaired) electrons. The molecule has 0 atom stereocenters. The Kier molecular flexibility index (Phi) is 5.01. The molecule has 0 aliphatic carbocycles. The van der Waals surface area contributed by atoms with Crippen LogP contribution in [0.1, 0.15) is 11.1 Å². The van der Waals surface area contributed by atoms with Crippen molar-refractivity contribution in [3.63, 3.8) is 0 Å². The van der Waals surface area contributed by atoms with Gasteiger partial charge in [0.2, 0.25) is 5.91 Å². The minimum Gasteiger partial charge on any atom is -0.342 e. The van der Waals surface area contributed by atoms with Crippen molar-refractivity contribution < 1.29 is 4.79 Å². The van der Waals surface area contributed by atoms with E-state index in [1.165, 1.54) is 6.08 Å². The van der Waals surface area contributed by atoms with Crippen molar-refractivity contribution in [2.24, 2.45) is 0 Å². The number of aromatic nitrogens is 1. The number of rotatable bonds is 3. The van der Waals surface area contributed by atoms with E-state index in [9.17, 15) is 4.79 Å². The number of hydrogen-bond donors (Lipinski definition) is 1. The molecule has 0 unspecified atom stereocenters. The van der Waals surface area contributed by atoms with Gasteiger partial charge in [-0.05, 0) is 24.3 Å². The fraction of sp³-hybridized carbons (Fsp3) is 0.0476. The molecule has 116 valence electrons. The number of amides is 1. The first-order valence-corrected chi connectivity index (χ1v) is 7.66. The highest BCUT2D eigenvalue weighted by atomic mass is 16.1. The van der Waals surface area contributed by atoms with Crippen molar-refractivity contribution in [3.8, 4) is 11.8 Å². The molecule has 1 aromatic heterocycles. The Bertz CT molecular complexity index is 929. The molecular formula is C21H16N2O. The van der Waals surface area contributed by atoms with E-state index >= 15 is 0 Å². The third-order valence-corrected chi connectivity index (χ3v) is 3.44. The lowest BCUT2D eigenvalue weighted by Crippen LogP contribution is -2.20. The van der Waals surface area contributed by atoms with Gasteiger partial charge in [0.25, 0.3) is 0 Å². The Balaban J connectivity index is 1.60. The number of carbonyl (C=O) groups excluding carboxylic acids is 1. The summed E-state index contributed by atoms with van der Waals surface area (Å²) in [6.45, 7) is 0.311. The largest absolute Gasteiger partial charge is 0.342 e. The van der Waals surface area contributed by atoms with Gasteiger partial charge in [-0.25, -0.2) is 0 Å². The molecule has 0 fully saturated rings. The van der Waals surface area contributed by atoms with Gasteiger partial charge in [0.05, 0.1) is 12.1 Å². The van der Waals surface area contributed by atoms with Crippen LogP contribution < -0.4 is 5.32 Å². The molecule has 1 heterocycles. The SMILES string of the molecule is O=C(/C=C\c1cccc2cccnc12)NCC#Cc1ccccc1. The van der Waals surface area contributed by atoms with E-state index < -0.39 is 0 Å². The zero-order valence-electron chi connectivity index (χ0n) is 13.1. The molecule has 3 nitrogen and oxygen atoms in total. The van der Waals surface area contributed by atoms with Gasteiger partial charge in [0.15, 0.2) is 0 Å². The van der Waals surface area contributed by atoms with E-state index in [0.717, 1.165) is 22.0 Å². The third-order valence-electron chi connectivity index (χ3n) is 3.44. The van der Waals surface area contributed by atoms with Crippen LogP contribution in [0.15, 0.2) is 72.9 Å². The third kappa shape index (κ3) is 4.08. The van der Waals surface area contributed by atoms with Gasteiger partial charge < -0.3 is 5.32 Å². The smallest absolute Gasteiger partial charge is 0.244 e. The highest BCUT2D eigenvalue weighted by Crippen LogP contribution is 2.16. The molecule has 3 rings (SSSR count). The van der Waals surface area contributed by atoms with Crippen LogP contribution >= 0.6 is 0 Å². The second kappa shape index (κ2) is 7.75. The van der Waals surface area contributed by atoms with E-state index in [1.54, 1.807) is 12.3 Å². The number of carbonyl (C=O) groups is 1. The lowest BCUT2D eigenvalue weighted by Gasteiger charge is -2.00. The average Bonchev–Trinajstić information content (AvgIpc) is 2.64. The average molecular weight is 312 g/mol. The molecule has 0 saturated carbocycles. The van der Waals surface area contributed by atoms with E-state index in [-0.39, 0.29) is 5.91 Å². The van der Waals surface area contributed by atoms with Crippen LogP contribution in [0, 0.1) is 11.8 Å². The minimum absolute atomic E-state index is 0.176. The normalized spacial score (nSPS) is 10.3. The summed E-state index contributed by atoms with van der Waals surface area (Å²) in [5.74, 6) is 5.76. The molecule has 0 aliphatic rings. The molecule has 0 aliphatic heterocycles. The summed E-state index contributed by atoms with van der Waals surface area (Å²) < 4.78 is 0. The first-order chi connectivity index (χ1) is 11.8. The van der Waals surface area contributed by atoms with Gasteiger partial charge in [0.1, 0.15) is 0 Å². The highest BCUT2D eigenvalue weighted by molar-refractivity contribution is 5.95. The summed E-state index contributed by atoms with van der Waals surface area (Å²) in [5, 5.41) is 3.80. The fourth-order valence-electron chi connectivity index (χ4n) is 2.29. The molecule has 2 aromatic carbocycles. The van der Waals surface area contributed by atoms with Gasteiger partial charge in [-0.15, -0.1) is 0 Å². The van der Waals surface area contributed by atoms with Gasteiger partial charge in [-0.2, -0.15) is 0 Å². The number of para-hydroxylation sites is 1. The number of benzene rings is 2. The number of nitrogens with zero attached hydrogens (tertiary/aromatic N) is 1. The number of nitrogens with one attached hydrogen (secondary N) is 1. The maximum absolute atomic E-state index is 11.9. The Morgan fingerprint density at radius 3 is 2.75 bits per heavy atom. The van der Waals surface area contributed by atoms with Crippen LogP contribution in [-0.4, -0.2) is 17.4 Å². The summed E-state index contributed by atoms with van der Waals surface area (Å²) >= 11 is 0. The minimum atomic E-state index is -0.176. The van der Waals surface area contributed by atoms with Crippen molar-refractivity contribution in [1.29, 1.82) is 0 Å². The van der Waals surface area contributed by atoms with Gasteiger partial charge >= 0.3 is 0 Å². The van der Waals surface area contributed by atoms with Gasteiger partial charge in [0, 0.05) is 28.8 Å². The van der Waals surface area contributed by atoms with Crippen molar-refractivity contribution in [1.82, 2.24) is 10.3 Å². The quantitative estimate of drug-likeness (QED) is 0.595. The summed E-state index contributed by atoms with van der Waals surface area (Å²) in [6, 6.07) is 19.5. The molecule has 3 heteroatoms. The first kappa shape index (κ1) is 15.5. The Morgan fingerprint density at radius 2 is 1.88 bits per heavy atom. The van der Waals surface area contributed by atoms with E-state index in [4.69, 9.17) is 0 Å². The molecule has 1 amide bonds. The number of pyridine rings is 1. The van der Waals surface area contributed by atoms with E-state index in [1.807, 2.05) is 60.7 Å². The van der Waals surface area contributed by atoms with Crippen molar-refractivity contribution in [2.45, 2.75) is 0 Å². The monoisotopic (exact) mass is 312 g/mol. The van der Waals surface area contributed by atoms with Crippen molar-refractivity contribution in [2.75, 3.05) is 6.54 Å². The van der Waals surface area contributed by atoms with E-state index in [2.05, 4.69) is 22.1 Å². The maximum atomic E-state index is 11.9. The highest BCUT2D eigenvalue weighted by Gasteiger charge is 1.99. The lowest BCUT2D eigenvalue weighted by molar-refractivity contribution is -0.116. The topological polar surface area (TPSA) is 42.0 Å². The Labute approximate surface area is 141 Å². The second-order valence-electron chi connectivity index (χ2n) is 5.14. The fourth-order valence-corrected chi connectivity index (χ4v) is 2.29. The molecule has 24 heavy (non-hydrogen) atoms. The predicted molar refractivity (Wildman–Crippen MR) is 97.1 cm³/mol. The summed E-state index contributed by atoms with van der Waals surface area (Å²) in [6.07, 6.45) is 5.03. The number of fused-ring (bicyclic) bond motifs is 1. The maximum Gasteiger partial charge on any atom is 0.244 e. The molecule has 1 N–H and O–H groups in total. The van der Waals surface area contributed by atoms with Crippen LogP contribution in [0.3, 0.4) is 0 Å². The molecule has 0 spiro atoms. The molecule has 3 aromatic rings. The standard InChI is InChI=1S/C21H16N2O/c24-20(22-15-5-9-17-7-2-1-3-8-17)14-13-19-11-4-10-18-12-6-16-23-21(18)19/h1-4,6-8,10-14,16H,15H2,(H,22,24)/b14-13-. The van der Waals surface area contributed by atoms with Crippen LogP contribution in [-0.2, 0) is 4.79 Å². The lowest BCUT2D eigenvalue weighted by atomic mass is 10.1. The molecule has 0 saturated heterocycles. The van der Waals surface area contributed by atoms with E-state index in [0.29, 0.717) is 6.54 Å². The van der Waals surface area contributed by atoms with Crippen LogP contribution in [0.25, 0.3) is 17.0 Å². The summed E-state index contributed by atoms with van der Waals surface area (Å²) in [7, 11) is 0. The zero-order chi connectivity index (χ0) is 16.6. The second-order valence-corrected chi connectivity index (χ2v) is 5.14. The van der Waals surface area contributed by atoms with Crippen LogP contribution in [0.4, 0.5) is 0 Å². The predicted octanol–water partition coefficient (Wildman–Crippen LogP) is 3.42. The van der Waals surface area contributed by atoms with Crippen molar-refractivity contribution in [3.05, 3.63) is 84.1 Å². The zero-order valence-corrected chi connectivity index (χ0v) is 13.1.